The Hall–Kier alpha value is -1.10. The molecular weight excluding hydrogens is 288 g/mol. The van der Waals surface area contributed by atoms with Crippen LogP contribution in [0.15, 0.2) is 24.3 Å². The molecule has 1 amide bonds. The first-order chi connectivity index (χ1) is 9.76. The number of carbonyl (C=O) groups excluding carboxylic acids is 1. The fourth-order valence-corrected chi connectivity index (χ4v) is 1.88. The van der Waals surface area contributed by atoms with Crippen LogP contribution in [0.1, 0.15) is 24.5 Å². The van der Waals surface area contributed by atoms with Gasteiger partial charge in [0.2, 0.25) is 5.91 Å². The van der Waals surface area contributed by atoms with Crippen molar-refractivity contribution in [2.75, 3.05) is 33.4 Å². The van der Waals surface area contributed by atoms with E-state index in [0.717, 1.165) is 25.9 Å². The van der Waals surface area contributed by atoms with Crippen LogP contribution in [-0.4, -0.2) is 39.3 Å². The molecule has 0 aliphatic carbocycles. The maximum atomic E-state index is 11.7. The Labute approximate surface area is 134 Å². The average molecular weight is 315 g/mol. The topological polar surface area (TPSA) is 50.4 Å². The fourth-order valence-electron chi connectivity index (χ4n) is 1.88. The largest absolute Gasteiger partial charge is 0.383 e. The van der Waals surface area contributed by atoms with E-state index in [1.165, 1.54) is 11.1 Å². The average Bonchev–Trinajstić information content (AvgIpc) is 2.49. The van der Waals surface area contributed by atoms with E-state index >= 15 is 0 Å². The van der Waals surface area contributed by atoms with Gasteiger partial charge in [-0.2, -0.15) is 0 Å². The molecule has 0 bridgehead atoms. The zero-order valence-corrected chi connectivity index (χ0v) is 13.8. The maximum Gasteiger partial charge on any atom is 0.220 e. The van der Waals surface area contributed by atoms with E-state index in [2.05, 4.69) is 41.8 Å². The molecule has 0 spiro atoms. The van der Waals surface area contributed by atoms with Gasteiger partial charge in [0.15, 0.2) is 0 Å². The molecule has 0 radical (unpaired) electrons. The molecule has 0 atom stereocenters. The number of methoxy groups -OCH3 is 1. The first kappa shape index (κ1) is 19.9. The molecule has 0 aliphatic rings. The molecular formula is C16H27ClN2O2. The monoisotopic (exact) mass is 314 g/mol. The number of hydrogen-bond donors (Lipinski definition) is 2. The van der Waals surface area contributed by atoms with Crippen molar-refractivity contribution in [2.45, 2.75) is 26.2 Å². The first-order valence-electron chi connectivity index (χ1n) is 7.30. The van der Waals surface area contributed by atoms with Gasteiger partial charge in [-0.1, -0.05) is 31.2 Å². The number of halogens is 1. The molecule has 120 valence electrons. The van der Waals surface area contributed by atoms with Crippen LogP contribution in [0, 0.1) is 0 Å². The smallest absolute Gasteiger partial charge is 0.220 e. The van der Waals surface area contributed by atoms with Gasteiger partial charge in [0.05, 0.1) is 6.61 Å². The van der Waals surface area contributed by atoms with Gasteiger partial charge >= 0.3 is 0 Å². The van der Waals surface area contributed by atoms with Gasteiger partial charge in [-0.3, -0.25) is 4.79 Å². The third-order valence-electron chi connectivity index (χ3n) is 3.18. The minimum atomic E-state index is 0. The molecule has 4 nitrogen and oxygen atoms in total. The number of carbonyl (C=O) groups is 1. The molecule has 1 rings (SSSR count). The molecule has 0 unspecified atom stereocenters. The maximum absolute atomic E-state index is 11.7. The zero-order chi connectivity index (χ0) is 14.6. The van der Waals surface area contributed by atoms with E-state index in [1.807, 2.05) is 0 Å². The van der Waals surface area contributed by atoms with E-state index < -0.39 is 0 Å². The van der Waals surface area contributed by atoms with Crippen molar-refractivity contribution < 1.29 is 9.53 Å². The molecule has 0 aromatic heterocycles. The number of aryl methyl sites for hydroxylation is 2. The molecule has 0 fully saturated rings. The van der Waals surface area contributed by atoms with E-state index in [0.29, 0.717) is 19.6 Å². The van der Waals surface area contributed by atoms with Crippen molar-refractivity contribution in [2.24, 2.45) is 0 Å². The van der Waals surface area contributed by atoms with Crippen molar-refractivity contribution in [3.8, 4) is 0 Å². The number of ether oxygens (including phenoxy) is 1. The quantitative estimate of drug-likeness (QED) is 0.649. The number of benzene rings is 1. The first-order valence-corrected chi connectivity index (χ1v) is 7.30. The van der Waals surface area contributed by atoms with Gasteiger partial charge in [0.1, 0.15) is 0 Å². The Balaban J connectivity index is 0.00000400. The summed E-state index contributed by atoms with van der Waals surface area (Å²) in [6, 6.07) is 8.48. The van der Waals surface area contributed by atoms with Crippen molar-refractivity contribution in [3.05, 3.63) is 35.4 Å². The number of amides is 1. The second-order valence-corrected chi connectivity index (χ2v) is 4.76. The molecule has 2 N–H and O–H groups in total. The lowest BCUT2D eigenvalue weighted by atomic mass is 10.1. The number of rotatable bonds is 10. The van der Waals surface area contributed by atoms with E-state index in [-0.39, 0.29) is 18.3 Å². The lowest BCUT2D eigenvalue weighted by Gasteiger charge is -2.07. The van der Waals surface area contributed by atoms with Crippen LogP contribution in [0.25, 0.3) is 0 Å². The Kier molecular flexibility index (Phi) is 12.0. The van der Waals surface area contributed by atoms with Crippen LogP contribution in [0.2, 0.25) is 0 Å². The standard InChI is InChI=1S/C16H26N2O2.ClH/c1-3-14-4-6-15(7-5-14)8-9-16(19)18-11-10-17-12-13-20-2;/h4-7,17H,3,8-13H2,1-2H3,(H,18,19);1H. The van der Waals surface area contributed by atoms with Crippen molar-refractivity contribution >= 4 is 18.3 Å². The summed E-state index contributed by atoms with van der Waals surface area (Å²) < 4.78 is 4.92. The highest BCUT2D eigenvalue weighted by Crippen LogP contribution is 2.07. The summed E-state index contributed by atoms with van der Waals surface area (Å²) in [5.74, 6) is 0.109. The highest BCUT2D eigenvalue weighted by molar-refractivity contribution is 5.85. The predicted molar refractivity (Wildman–Crippen MR) is 89.1 cm³/mol. The molecule has 0 saturated heterocycles. The molecule has 21 heavy (non-hydrogen) atoms. The SMILES string of the molecule is CCc1ccc(CCC(=O)NCCNCCOC)cc1.Cl. The van der Waals surface area contributed by atoms with E-state index in [4.69, 9.17) is 4.74 Å². The number of nitrogens with one attached hydrogen (secondary N) is 2. The van der Waals surface area contributed by atoms with Gasteiger partial charge in [-0.15, -0.1) is 12.4 Å². The van der Waals surface area contributed by atoms with Crippen molar-refractivity contribution in [1.29, 1.82) is 0 Å². The van der Waals surface area contributed by atoms with Crippen molar-refractivity contribution in [1.82, 2.24) is 10.6 Å². The van der Waals surface area contributed by atoms with Crippen LogP contribution in [0.3, 0.4) is 0 Å². The van der Waals surface area contributed by atoms with E-state index in [1.54, 1.807) is 7.11 Å². The fraction of sp³-hybridized carbons (Fsp3) is 0.562. The summed E-state index contributed by atoms with van der Waals surface area (Å²) in [4.78, 5) is 11.7. The normalized spacial score (nSPS) is 10.0. The van der Waals surface area contributed by atoms with Crippen LogP contribution in [-0.2, 0) is 22.4 Å². The molecule has 1 aromatic rings. The highest BCUT2D eigenvalue weighted by atomic mass is 35.5. The minimum Gasteiger partial charge on any atom is -0.383 e. The third-order valence-corrected chi connectivity index (χ3v) is 3.18. The van der Waals surface area contributed by atoms with Gasteiger partial charge in [0, 0.05) is 33.2 Å². The van der Waals surface area contributed by atoms with E-state index in [9.17, 15) is 4.79 Å². The van der Waals surface area contributed by atoms with Gasteiger partial charge in [-0.05, 0) is 24.0 Å². The predicted octanol–water partition coefficient (Wildman–Crippen LogP) is 1.96. The van der Waals surface area contributed by atoms with Crippen molar-refractivity contribution in [3.63, 3.8) is 0 Å². The second kappa shape index (κ2) is 12.6. The highest BCUT2D eigenvalue weighted by Gasteiger charge is 2.01. The summed E-state index contributed by atoms with van der Waals surface area (Å²) in [5.41, 5.74) is 2.55. The Morgan fingerprint density at radius 2 is 1.76 bits per heavy atom. The molecule has 5 heteroatoms. The number of hydrogen-bond acceptors (Lipinski definition) is 3. The molecule has 0 aliphatic heterocycles. The summed E-state index contributed by atoms with van der Waals surface area (Å²) in [5, 5.41) is 6.10. The molecule has 0 heterocycles. The van der Waals surface area contributed by atoms with Gasteiger partial charge in [-0.25, -0.2) is 0 Å². The minimum absolute atomic E-state index is 0. The second-order valence-electron chi connectivity index (χ2n) is 4.76. The third kappa shape index (κ3) is 9.45. The van der Waals surface area contributed by atoms with Crippen LogP contribution in [0.5, 0.6) is 0 Å². The van der Waals surface area contributed by atoms with Gasteiger partial charge in [0.25, 0.3) is 0 Å². The summed E-state index contributed by atoms with van der Waals surface area (Å²) in [6.45, 7) is 5.10. The van der Waals surface area contributed by atoms with Crippen LogP contribution >= 0.6 is 12.4 Å². The van der Waals surface area contributed by atoms with Crippen LogP contribution < -0.4 is 10.6 Å². The summed E-state index contributed by atoms with van der Waals surface area (Å²) >= 11 is 0. The Morgan fingerprint density at radius 3 is 2.38 bits per heavy atom. The molecule has 0 saturated carbocycles. The lowest BCUT2D eigenvalue weighted by molar-refractivity contribution is -0.121. The summed E-state index contributed by atoms with van der Waals surface area (Å²) in [6.07, 6.45) is 2.40. The molecule has 1 aromatic carbocycles. The Morgan fingerprint density at radius 1 is 1.10 bits per heavy atom. The zero-order valence-electron chi connectivity index (χ0n) is 13.0. The summed E-state index contributed by atoms with van der Waals surface area (Å²) in [7, 11) is 1.68. The van der Waals surface area contributed by atoms with Gasteiger partial charge < -0.3 is 15.4 Å². The lowest BCUT2D eigenvalue weighted by Crippen LogP contribution is -2.33. The Bertz CT molecular complexity index is 382. The van der Waals surface area contributed by atoms with Crippen LogP contribution in [0.4, 0.5) is 0 Å².